The highest BCUT2D eigenvalue weighted by molar-refractivity contribution is 7.99. The summed E-state index contributed by atoms with van der Waals surface area (Å²) in [6, 6.07) is -0.407. The SMILES string of the molecule is CC1CSCCN1C(=O)NC1COCC1C(=O)O. The quantitative estimate of drug-likeness (QED) is 0.754. The largest absolute Gasteiger partial charge is 0.481 e. The first-order valence-corrected chi connectivity index (χ1v) is 7.20. The van der Waals surface area contributed by atoms with Crippen LogP contribution in [0.25, 0.3) is 0 Å². The van der Waals surface area contributed by atoms with Gasteiger partial charge in [0.2, 0.25) is 0 Å². The van der Waals surface area contributed by atoms with Gasteiger partial charge in [-0.1, -0.05) is 0 Å². The number of carbonyl (C=O) groups excluding carboxylic acids is 1. The van der Waals surface area contributed by atoms with E-state index in [0.29, 0.717) is 6.54 Å². The number of nitrogens with zero attached hydrogens (tertiary/aromatic N) is 1. The Morgan fingerprint density at radius 2 is 2.22 bits per heavy atom. The number of carboxylic acids is 1. The van der Waals surface area contributed by atoms with Gasteiger partial charge < -0.3 is 20.1 Å². The predicted molar refractivity (Wildman–Crippen MR) is 67.8 cm³/mol. The molecule has 0 aromatic rings. The summed E-state index contributed by atoms with van der Waals surface area (Å²) >= 11 is 1.83. The Kier molecular flexibility index (Phi) is 4.34. The van der Waals surface area contributed by atoms with Gasteiger partial charge >= 0.3 is 12.0 Å². The zero-order valence-corrected chi connectivity index (χ0v) is 11.1. The average Bonchev–Trinajstić information content (AvgIpc) is 2.77. The number of thioether (sulfide) groups is 1. The van der Waals surface area contributed by atoms with E-state index < -0.39 is 17.9 Å². The van der Waals surface area contributed by atoms with E-state index in [1.165, 1.54) is 0 Å². The van der Waals surface area contributed by atoms with E-state index in [1.807, 2.05) is 18.7 Å². The number of nitrogens with one attached hydrogen (secondary N) is 1. The molecule has 0 aromatic heterocycles. The number of rotatable bonds is 2. The van der Waals surface area contributed by atoms with E-state index in [-0.39, 0.29) is 25.3 Å². The van der Waals surface area contributed by atoms with Gasteiger partial charge in [-0.2, -0.15) is 11.8 Å². The zero-order valence-electron chi connectivity index (χ0n) is 10.3. The monoisotopic (exact) mass is 274 g/mol. The van der Waals surface area contributed by atoms with Gasteiger partial charge in [0.25, 0.3) is 0 Å². The molecule has 0 aliphatic carbocycles. The second-order valence-corrected chi connectivity index (χ2v) is 5.81. The third kappa shape index (κ3) is 2.89. The van der Waals surface area contributed by atoms with E-state index in [0.717, 1.165) is 11.5 Å². The third-order valence-electron chi connectivity index (χ3n) is 3.34. The molecule has 18 heavy (non-hydrogen) atoms. The lowest BCUT2D eigenvalue weighted by Gasteiger charge is -2.34. The van der Waals surface area contributed by atoms with Crippen LogP contribution >= 0.6 is 11.8 Å². The van der Waals surface area contributed by atoms with E-state index >= 15 is 0 Å². The van der Waals surface area contributed by atoms with Gasteiger partial charge in [-0.15, -0.1) is 0 Å². The van der Waals surface area contributed by atoms with Crippen LogP contribution in [0.3, 0.4) is 0 Å². The zero-order chi connectivity index (χ0) is 13.1. The highest BCUT2D eigenvalue weighted by atomic mass is 32.2. The number of carboxylic acid groups (broad SMARTS) is 1. The molecule has 2 amide bonds. The van der Waals surface area contributed by atoms with Crippen LogP contribution in [-0.4, -0.2) is 65.4 Å². The number of hydrogen-bond acceptors (Lipinski definition) is 4. The van der Waals surface area contributed by atoms with Gasteiger partial charge in [0.15, 0.2) is 0 Å². The summed E-state index contributed by atoms with van der Waals surface area (Å²) in [7, 11) is 0. The molecule has 0 spiro atoms. The van der Waals surface area contributed by atoms with Crippen molar-refractivity contribution in [2.45, 2.75) is 19.0 Å². The summed E-state index contributed by atoms with van der Waals surface area (Å²) in [5, 5.41) is 11.8. The van der Waals surface area contributed by atoms with Crippen LogP contribution in [0.4, 0.5) is 4.79 Å². The van der Waals surface area contributed by atoms with E-state index in [1.54, 1.807) is 4.90 Å². The molecule has 2 saturated heterocycles. The van der Waals surface area contributed by atoms with Gasteiger partial charge in [0, 0.05) is 24.1 Å². The molecule has 2 rings (SSSR count). The van der Waals surface area contributed by atoms with Crippen LogP contribution in [0.5, 0.6) is 0 Å². The van der Waals surface area contributed by atoms with Crippen LogP contribution in [-0.2, 0) is 9.53 Å². The van der Waals surface area contributed by atoms with Crippen molar-refractivity contribution < 1.29 is 19.4 Å². The number of hydrogen-bond donors (Lipinski definition) is 2. The van der Waals surface area contributed by atoms with Crippen molar-refractivity contribution in [1.82, 2.24) is 10.2 Å². The minimum atomic E-state index is -0.917. The summed E-state index contributed by atoms with van der Waals surface area (Å²) in [6.45, 7) is 3.17. The Balaban J connectivity index is 1.92. The topological polar surface area (TPSA) is 78.9 Å². The maximum absolute atomic E-state index is 12.1. The average molecular weight is 274 g/mol. The number of aliphatic carboxylic acids is 1. The fraction of sp³-hybridized carbons (Fsp3) is 0.818. The number of carbonyl (C=O) groups is 2. The molecule has 102 valence electrons. The molecule has 3 unspecified atom stereocenters. The molecule has 0 aromatic carbocycles. The van der Waals surface area contributed by atoms with Crippen molar-refractivity contribution in [1.29, 1.82) is 0 Å². The van der Waals surface area contributed by atoms with Gasteiger partial charge in [-0.3, -0.25) is 4.79 Å². The second kappa shape index (κ2) is 5.79. The molecule has 2 aliphatic heterocycles. The van der Waals surface area contributed by atoms with Gasteiger partial charge in [0.05, 0.1) is 19.3 Å². The second-order valence-electron chi connectivity index (χ2n) is 4.66. The van der Waals surface area contributed by atoms with E-state index in [4.69, 9.17) is 9.84 Å². The highest BCUT2D eigenvalue weighted by Crippen LogP contribution is 2.18. The first kappa shape index (κ1) is 13.5. The first-order valence-electron chi connectivity index (χ1n) is 6.05. The van der Waals surface area contributed by atoms with Gasteiger partial charge in [-0.05, 0) is 6.92 Å². The van der Waals surface area contributed by atoms with Crippen LogP contribution in [0, 0.1) is 5.92 Å². The summed E-state index contributed by atoms with van der Waals surface area (Å²) in [6.07, 6.45) is 0. The van der Waals surface area contributed by atoms with E-state index in [9.17, 15) is 9.59 Å². The van der Waals surface area contributed by atoms with Gasteiger partial charge in [-0.25, -0.2) is 4.79 Å². The minimum absolute atomic E-state index is 0.172. The molecule has 2 N–H and O–H groups in total. The lowest BCUT2D eigenvalue weighted by atomic mass is 10.0. The summed E-state index contributed by atoms with van der Waals surface area (Å²) in [4.78, 5) is 24.8. The maximum Gasteiger partial charge on any atom is 0.318 e. The Morgan fingerprint density at radius 1 is 1.44 bits per heavy atom. The molecule has 0 radical (unpaired) electrons. The van der Waals surface area contributed by atoms with Crippen molar-refractivity contribution >= 4 is 23.8 Å². The fourth-order valence-corrected chi connectivity index (χ4v) is 3.22. The Morgan fingerprint density at radius 3 is 2.89 bits per heavy atom. The Bertz CT molecular complexity index is 339. The molecule has 0 saturated carbocycles. The molecule has 7 heteroatoms. The molecular weight excluding hydrogens is 256 g/mol. The van der Waals surface area contributed by atoms with Crippen molar-refractivity contribution in [2.24, 2.45) is 5.92 Å². The van der Waals surface area contributed by atoms with Crippen molar-refractivity contribution in [3.8, 4) is 0 Å². The molecule has 3 atom stereocenters. The highest BCUT2D eigenvalue weighted by Gasteiger charge is 2.36. The normalized spacial score (nSPS) is 32.3. The minimum Gasteiger partial charge on any atom is -0.481 e. The number of amides is 2. The summed E-state index contributed by atoms with van der Waals surface area (Å²) in [5.41, 5.74) is 0. The lowest BCUT2D eigenvalue weighted by molar-refractivity contribution is -0.142. The summed E-state index contributed by atoms with van der Waals surface area (Å²) < 4.78 is 5.13. The lowest BCUT2D eigenvalue weighted by Crippen LogP contribution is -2.53. The Labute approximate surface area is 110 Å². The standard InChI is InChI=1S/C11H18N2O4S/c1-7-6-18-3-2-13(7)11(16)12-9-5-17-4-8(9)10(14)15/h7-9H,2-6H2,1H3,(H,12,16)(H,14,15). The van der Waals surface area contributed by atoms with Crippen LogP contribution in [0.2, 0.25) is 0 Å². The van der Waals surface area contributed by atoms with Gasteiger partial charge in [0.1, 0.15) is 5.92 Å². The molecule has 2 aliphatic rings. The maximum atomic E-state index is 12.1. The number of ether oxygens (including phenoxy) is 1. The third-order valence-corrected chi connectivity index (χ3v) is 4.52. The van der Waals surface area contributed by atoms with Crippen LogP contribution in [0.15, 0.2) is 0 Å². The molecular formula is C11H18N2O4S. The first-order chi connectivity index (χ1) is 8.59. The van der Waals surface area contributed by atoms with Crippen LogP contribution in [0.1, 0.15) is 6.92 Å². The van der Waals surface area contributed by atoms with Crippen molar-refractivity contribution in [3.63, 3.8) is 0 Å². The molecule has 0 bridgehead atoms. The fourth-order valence-electron chi connectivity index (χ4n) is 2.21. The van der Waals surface area contributed by atoms with Crippen molar-refractivity contribution in [3.05, 3.63) is 0 Å². The molecule has 2 heterocycles. The smallest absolute Gasteiger partial charge is 0.318 e. The Hall–Kier alpha value is -0.950. The number of urea groups is 1. The molecule has 6 nitrogen and oxygen atoms in total. The summed E-state index contributed by atoms with van der Waals surface area (Å²) in [5.74, 6) is 0.307. The van der Waals surface area contributed by atoms with E-state index in [2.05, 4.69) is 5.32 Å². The molecule has 2 fully saturated rings. The predicted octanol–water partition coefficient (Wildman–Crippen LogP) is 0.233. The van der Waals surface area contributed by atoms with Crippen LogP contribution < -0.4 is 5.32 Å². The van der Waals surface area contributed by atoms with Crippen molar-refractivity contribution in [2.75, 3.05) is 31.3 Å².